The van der Waals surface area contributed by atoms with Gasteiger partial charge in [-0.1, -0.05) is 35.0 Å². The first-order valence-corrected chi connectivity index (χ1v) is 6.86. The van der Waals surface area contributed by atoms with E-state index in [1.54, 1.807) is 24.3 Å². The summed E-state index contributed by atoms with van der Waals surface area (Å²) in [6.45, 7) is 0. The van der Waals surface area contributed by atoms with Gasteiger partial charge in [0.2, 0.25) is 0 Å². The zero-order valence-electron chi connectivity index (χ0n) is 11.4. The molecule has 3 N–H and O–H groups in total. The molecule has 6 nitrogen and oxygen atoms in total. The van der Waals surface area contributed by atoms with E-state index in [4.69, 9.17) is 17.3 Å². The van der Waals surface area contributed by atoms with E-state index in [1.807, 2.05) is 30.3 Å². The van der Waals surface area contributed by atoms with Crippen LogP contribution in [0.3, 0.4) is 0 Å². The zero-order valence-corrected chi connectivity index (χ0v) is 12.2. The Morgan fingerprint density at radius 2 is 1.77 bits per heavy atom. The molecule has 0 radical (unpaired) electrons. The Bertz CT molecular complexity index is 799. The molecular formula is C15H12ClN5O. The number of carbonyl (C=O) groups excluding carboxylic acids is 1. The molecule has 0 aliphatic carbocycles. The number of halogens is 1. The van der Waals surface area contributed by atoms with Gasteiger partial charge in [0.1, 0.15) is 0 Å². The van der Waals surface area contributed by atoms with E-state index in [1.165, 1.54) is 4.68 Å². The first-order chi connectivity index (χ1) is 10.6. The topological polar surface area (TPSA) is 85.8 Å². The number of nitrogens with one attached hydrogen (secondary N) is 1. The molecular weight excluding hydrogens is 302 g/mol. The van der Waals surface area contributed by atoms with Crippen molar-refractivity contribution in [3.63, 3.8) is 0 Å². The van der Waals surface area contributed by atoms with Crippen LogP contribution in [0.2, 0.25) is 5.02 Å². The Hall–Kier alpha value is -2.86. The van der Waals surface area contributed by atoms with Gasteiger partial charge in [0.05, 0.1) is 5.69 Å². The number of nitrogen functional groups attached to an aromatic ring is 1. The van der Waals surface area contributed by atoms with Crippen LogP contribution in [-0.4, -0.2) is 20.9 Å². The highest BCUT2D eigenvalue weighted by molar-refractivity contribution is 6.30. The molecule has 0 fully saturated rings. The molecule has 0 aliphatic rings. The zero-order chi connectivity index (χ0) is 15.5. The second-order valence-electron chi connectivity index (χ2n) is 4.53. The molecule has 0 spiro atoms. The smallest absolute Gasteiger partial charge is 0.280 e. The molecule has 22 heavy (non-hydrogen) atoms. The van der Waals surface area contributed by atoms with E-state index in [2.05, 4.69) is 15.6 Å². The second kappa shape index (κ2) is 5.87. The predicted octanol–water partition coefficient (Wildman–Crippen LogP) is 2.76. The van der Waals surface area contributed by atoms with Gasteiger partial charge in [-0.25, -0.2) is 0 Å². The van der Waals surface area contributed by atoms with Crippen molar-refractivity contribution in [2.45, 2.75) is 0 Å². The van der Waals surface area contributed by atoms with E-state index in [0.717, 1.165) is 5.69 Å². The molecule has 0 saturated heterocycles. The highest BCUT2D eigenvalue weighted by Crippen LogP contribution is 2.17. The average molecular weight is 314 g/mol. The van der Waals surface area contributed by atoms with Gasteiger partial charge in [0.15, 0.2) is 11.5 Å². The lowest BCUT2D eigenvalue weighted by molar-refractivity contribution is 0.102. The Kier molecular flexibility index (Phi) is 3.76. The number of nitrogens with zero attached hydrogens (tertiary/aromatic N) is 3. The van der Waals surface area contributed by atoms with Gasteiger partial charge < -0.3 is 11.1 Å². The third-order valence-corrected chi connectivity index (χ3v) is 3.27. The van der Waals surface area contributed by atoms with E-state index in [0.29, 0.717) is 10.7 Å². The van der Waals surface area contributed by atoms with Crippen molar-refractivity contribution < 1.29 is 4.79 Å². The Morgan fingerprint density at radius 1 is 1.09 bits per heavy atom. The van der Waals surface area contributed by atoms with E-state index < -0.39 is 5.91 Å². The summed E-state index contributed by atoms with van der Waals surface area (Å²) in [6.07, 6.45) is 0. The number of aromatic nitrogens is 3. The third kappa shape index (κ3) is 2.77. The molecule has 1 heterocycles. The van der Waals surface area contributed by atoms with Gasteiger partial charge in [-0.3, -0.25) is 4.79 Å². The summed E-state index contributed by atoms with van der Waals surface area (Å²) in [5, 5.41) is 11.1. The molecule has 110 valence electrons. The number of nitrogens with two attached hydrogens (primary N) is 1. The van der Waals surface area contributed by atoms with Gasteiger partial charge in [0.25, 0.3) is 5.91 Å². The third-order valence-electron chi connectivity index (χ3n) is 3.02. The first-order valence-electron chi connectivity index (χ1n) is 6.48. The van der Waals surface area contributed by atoms with Crippen molar-refractivity contribution in [3.05, 3.63) is 65.3 Å². The van der Waals surface area contributed by atoms with Crippen LogP contribution in [-0.2, 0) is 0 Å². The fraction of sp³-hybridized carbons (Fsp3) is 0. The molecule has 0 bridgehead atoms. The number of anilines is 2. The molecule has 0 unspecified atom stereocenters. The Balaban J connectivity index is 1.85. The molecule has 1 amide bonds. The minimum absolute atomic E-state index is 0.0683. The summed E-state index contributed by atoms with van der Waals surface area (Å²) < 4.78 is 1.41. The highest BCUT2D eigenvalue weighted by atomic mass is 35.5. The number of hydrogen-bond donors (Lipinski definition) is 2. The van der Waals surface area contributed by atoms with Crippen LogP contribution in [0, 0.1) is 0 Å². The van der Waals surface area contributed by atoms with Crippen molar-refractivity contribution in [2.75, 3.05) is 11.1 Å². The molecule has 7 heteroatoms. The van der Waals surface area contributed by atoms with Crippen LogP contribution in [0.25, 0.3) is 5.69 Å². The normalized spacial score (nSPS) is 10.4. The van der Waals surface area contributed by atoms with E-state index in [-0.39, 0.29) is 11.5 Å². The van der Waals surface area contributed by atoms with Gasteiger partial charge in [-0.05, 0) is 36.4 Å². The number of benzene rings is 2. The lowest BCUT2D eigenvalue weighted by Crippen LogP contribution is -2.15. The number of para-hydroxylation sites is 1. The van der Waals surface area contributed by atoms with Crippen LogP contribution in [0.5, 0.6) is 0 Å². The van der Waals surface area contributed by atoms with Gasteiger partial charge in [0, 0.05) is 10.7 Å². The van der Waals surface area contributed by atoms with Crippen molar-refractivity contribution in [1.29, 1.82) is 0 Å². The summed E-state index contributed by atoms with van der Waals surface area (Å²) in [5.74, 6) is -0.250. The molecule has 0 saturated carbocycles. The van der Waals surface area contributed by atoms with E-state index in [9.17, 15) is 4.79 Å². The summed E-state index contributed by atoms with van der Waals surface area (Å²) in [5.41, 5.74) is 7.37. The van der Waals surface area contributed by atoms with Gasteiger partial charge in [-0.2, -0.15) is 4.68 Å². The summed E-state index contributed by atoms with van der Waals surface area (Å²) >= 11 is 5.80. The molecule has 3 rings (SSSR count). The number of rotatable bonds is 3. The lowest BCUT2D eigenvalue weighted by atomic mass is 10.3. The molecule has 2 aromatic carbocycles. The van der Waals surface area contributed by atoms with Gasteiger partial charge >= 0.3 is 0 Å². The number of hydrogen-bond acceptors (Lipinski definition) is 4. The fourth-order valence-corrected chi connectivity index (χ4v) is 2.06. The monoisotopic (exact) mass is 313 g/mol. The average Bonchev–Trinajstić information content (AvgIpc) is 2.92. The Morgan fingerprint density at radius 3 is 2.45 bits per heavy atom. The molecule has 0 aliphatic heterocycles. The summed E-state index contributed by atoms with van der Waals surface area (Å²) in [4.78, 5) is 12.2. The van der Waals surface area contributed by atoms with E-state index >= 15 is 0 Å². The number of amides is 1. The summed E-state index contributed by atoms with van der Waals surface area (Å²) in [6, 6.07) is 16.0. The van der Waals surface area contributed by atoms with Gasteiger partial charge in [-0.15, -0.1) is 5.10 Å². The van der Waals surface area contributed by atoms with Crippen LogP contribution in [0.4, 0.5) is 11.5 Å². The Labute approximate surface area is 131 Å². The maximum Gasteiger partial charge on any atom is 0.280 e. The quantitative estimate of drug-likeness (QED) is 0.778. The molecule has 1 aromatic heterocycles. The van der Waals surface area contributed by atoms with Crippen LogP contribution in [0.15, 0.2) is 54.6 Å². The highest BCUT2D eigenvalue weighted by Gasteiger charge is 2.18. The SMILES string of the molecule is Nc1c(C(=O)Nc2ccc(Cl)cc2)nnn1-c1ccccc1. The largest absolute Gasteiger partial charge is 0.382 e. The minimum atomic E-state index is -0.429. The van der Waals surface area contributed by atoms with Crippen molar-refractivity contribution in [3.8, 4) is 5.69 Å². The van der Waals surface area contributed by atoms with Crippen molar-refractivity contribution in [1.82, 2.24) is 15.0 Å². The van der Waals surface area contributed by atoms with Crippen LogP contribution >= 0.6 is 11.6 Å². The maximum atomic E-state index is 12.2. The lowest BCUT2D eigenvalue weighted by Gasteiger charge is -2.04. The summed E-state index contributed by atoms with van der Waals surface area (Å²) in [7, 11) is 0. The minimum Gasteiger partial charge on any atom is -0.382 e. The van der Waals surface area contributed by atoms with Crippen LogP contribution < -0.4 is 11.1 Å². The second-order valence-corrected chi connectivity index (χ2v) is 4.97. The molecule has 0 atom stereocenters. The molecule has 3 aromatic rings. The standard InChI is InChI=1S/C15H12ClN5O/c16-10-6-8-11(9-7-10)18-15(22)13-14(17)21(20-19-13)12-4-2-1-3-5-12/h1-9H,17H2,(H,18,22). The van der Waals surface area contributed by atoms with Crippen molar-refractivity contribution in [2.24, 2.45) is 0 Å². The van der Waals surface area contributed by atoms with Crippen molar-refractivity contribution >= 4 is 29.0 Å². The van der Waals surface area contributed by atoms with Crippen LogP contribution in [0.1, 0.15) is 10.5 Å². The fourth-order valence-electron chi connectivity index (χ4n) is 1.93. The predicted molar refractivity (Wildman–Crippen MR) is 85.2 cm³/mol. The first kappa shape index (κ1) is 14.1. The number of carbonyl (C=O) groups is 1. The maximum absolute atomic E-state index is 12.2.